The van der Waals surface area contributed by atoms with Crippen molar-refractivity contribution >= 4 is 0 Å². The van der Waals surface area contributed by atoms with Crippen molar-refractivity contribution in [2.24, 2.45) is 0 Å². The molecular formula is C13H15N5. The van der Waals surface area contributed by atoms with Gasteiger partial charge in [0.1, 0.15) is 6.07 Å². The third-order valence-corrected chi connectivity index (χ3v) is 2.74. The Morgan fingerprint density at radius 1 is 1.44 bits per heavy atom. The summed E-state index contributed by atoms with van der Waals surface area (Å²) < 4.78 is 1.72. The monoisotopic (exact) mass is 241 g/mol. The summed E-state index contributed by atoms with van der Waals surface area (Å²) in [6, 6.07) is 6.17. The molecule has 1 unspecified atom stereocenters. The SMILES string of the molecule is CCNC(C)c1ccc(-n2ccnc2C#N)cn1. The molecule has 5 nitrogen and oxygen atoms in total. The topological polar surface area (TPSA) is 66.5 Å². The van der Waals surface area contributed by atoms with Crippen LogP contribution in [0.4, 0.5) is 0 Å². The molecule has 0 saturated heterocycles. The maximum Gasteiger partial charge on any atom is 0.217 e. The smallest absolute Gasteiger partial charge is 0.217 e. The third kappa shape index (κ3) is 2.39. The fraction of sp³-hybridized carbons (Fsp3) is 0.308. The van der Waals surface area contributed by atoms with E-state index in [0.29, 0.717) is 5.82 Å². The van der Waals surface area contributed by atoms with E-state index >= 15 is 0 Å². The number of pyridine rings is 1. The first-order chi connectivity index (χ1) is 8.76. The van der Waals surface area contributed by atoms with E-state index < -0.39 is 0 Å². The molecule has 0 fully saturated rings. The van der Waals surface area contributed by atoms with Crippen molar-refractivity contribution in [2.75, 3.05) is 6.54 Å². The van der Waals surface area contributed by atoms with Crippen molar-refractivity contribution in [3.05, 3.63) is 42.2 Å². The summed E-state index contributed by atoms with van der Waals surface area (Å²) in [5.41, 5.74) is 1.83. The molecule has 0 radical (unpaired) electrons. The number of nitrogens with one attached hydrogen (secondary N) is 1. The number of hydrogen-bond acceptors (Lipinski definition) is 4. The highest BCUT2D eigenvalue weighted by molar-refractivity contribution is 5.34. The van der Waals surface area contributed by atoms with E-state index in [1.807, 2.05) is 18.2 Å². The Hall–Kier alpha value is -2.19. The summed E-state index contributed by atoms with van der Waals surface area (Å²) in [6.07, 6.45) is 5.11. The minimum Gasteiger partial charge on any atom is -0.309 e. The number of hydrogen-bond donors (Lipinski definition) is 1. The van der Waals surface area contributed by atoms with Crippen LogP contribution in [0.3, 0.4) is 0 Å². The molecule has 2 aromatic heterocycles. The lowest BCUT2D eigenvalue weighted by atomic mass is 10.2. The van der Waals surface area contributed by atoms with Gasteiger partial charge in [0.15, 0.2) is 0 Å². The lowest BCUT2D eigenvalue weighted by Crippen LogP contribution is -2.18. The molecule has 92 valence electrons. The summed E-state index contributed by atoms with van der Waals surface area (Å²) >= 11 is 0. The van der Waals surface area contributed by atoms with Gasteiger partial charge in [-0.05, 0) is 25.6 Å². The van der Waals surface area contributed by atoms with Crippen molar-refractivity contribution in [1.82, 2.24) is 19.9 Å². The molecule has 0 amide bonds. The molecule has 0 aliphatic heterocycles. The summed E-state index contributed by atoms with van der Waals surface area (Å²) in [7, 11) is 0. The lowest BCUT2D eigenvalue weighted by Gasteiger charge is -2.12. The van der Waals surface area contributed by atoms with Crippen LogP contribution in [0.2, 0.25) is 0 Å². The van der Waals surface area contributed by atoms with Gasteiger partial charge in [0.05, 0.1) is 17.6 Å². The predicted octanol–water partition coefficient (Wildman–Crippen LogP) is 1.81. The molecule has 0 aliphatic rings. The summed E-state index contributed by atoms with van der Waals surface area (Å²) in [6.45, 7) is 5.05. The molecule has 2 heterocycles. The number of aromatic nitrogens is 3. The Morgan fingerprint density at radius 3 is 2.89 bits per heavy atom. The van der Waals surface area contributed by atoms with E-state index in [1.54, 1.807) is 23.2 Å². The number of imidazole rings is 1. The summed E-state index contributed by atoms with van der Waals surface area (Å²) in [4.78, 5) is 8.37. The van der Waals surface area contributed by atoms with E-state index in [2.05, 4.69) is 29.1 Å². The third-order valence-electron chi connectivity index (χ3n) is 2.74. The Labute approximate surface area is 106 Å². The van der Waals surface area contributed by atoms with E-state index in [0.717, 1.165) is 17.9 Å². The first kappa shape index (κ1) is 12.3. The van der Waals surface area contributed by atoms with Gasteiger partial charge >= 0.3 is 0 Å². The average Bonchev–Trinajstić information content (AvgIpc) is 2.87. The molecule has 5 heteroatoms. The van der Waals surface area contributed by atoms with Crippen LogP contribution in [0.15, 0.2) is 30.7 Å². The largest absolute Gasteiger partial charge is 0.309 e. The van der Waals surface area contributed by atoms with Crippen LogP contribution in [0.1, 0.15) is 31.4 Å². The van der Waals surface area contributed by atoms with Gasteiger partial charge in [-0.25, -0.2) is 4.98 Å². The van der Waals surface area contributed by atoms with Gasteiger partial charge in [-0.15, -0.1) is 0 Å². The van der Waals surface area contributed by atoms with Crippen molar-refractivity contribution in [1.29, 1.82) is 5.26 Å². The first-order valence-electron chi connectivity index (χ1n) is 5.89. The minimum absolute atomic E-state index is 0.224. The summed E-state index contributed by atoms with van der Waals surface area (Å²) in [5.74, 6) is 0.365. The van der Waals surface area contributed by atoms with Gasteiger partial charge < -0.3 is 5.32 Å². The Bertz CT molecular complexity index is 550. The van der Waals surface area contributed by atoms with Crippen LogP contribution in [-0.2, 0) is 0 Å². The molecule has 0 aromatic carbocycles. The average molecular weight is 241 g/mol. The Kier molecular flexibility index (Phi) is 3.70. The second kappa shape index (κ2) is 5.43. The van der Waals surface area contributed by atoms with Gasteiger partial charge in [-0.1, -0.05) is 6.92 Å². The van der Waals surface area contributed by atoms with E-state index in [1.165, 1.54) is 0 Å². The van der Waals surface area contributed by atoms with Crippen LogP contribution in [0.5, 0.6) is 0 Å². The first-order valence-corrected chi connectivity index (χ1v) is 5.89. The number of nitriles is 1. The maximum absolute atomic E-state index is 8.92. The molecule has 1 N–H and O–H groups in total. The second-order valence-corrected chi connectivity index (χ2v) is 3.95. The second-order valence-electron chi connectivity index (χ2n) is 3.95. The fourth-order valence-corrected chi connectivity index (χ4v) is 1.80. The van der Waals surface area contributed by atoms with Crippen molar-refractivity contribution in [2.45, 2.75) is 19.9 Å². The number of rotatable bonds is 4. The van der Waals surface area contributed by atoms with Crippen LogP contribution in [0.25, 0.3) is 5.69 Å². The highest BCUT2D eigenvalue weighted by atomic mass is 15.1. The molecule has 18 heavy (non-hydrogen) atoms. The Balaban J connectivity index is 2.26. The van der Waals surface area contributed by atoms with Crippen molar-refractivity contribution in [3.63, 3.8) is 0 Å². The summed E-state index contributed by atoms with van der Waals surface area (Å²) in [5, 5.41) is 12.2. The zero-order valence-electron chi connectivity index (χ0n) is 10.5. The van der Waals surface area contributed by atoms with E-state index in [4.69, 9.17) is 5.26 Å². The zero-order valence-corrected chi connectivity index (χ0v) is 10.5. The predicted molar refractivity (Wildman–Crippen MR) is 68.2 cm³/mol. The van der Waals surface area contributed by atoms with E-state index in [-0.39, 0.29) is 6.04 Å². The van der Waals surface area contributed by atoms with Gasteiger partial charge in [0, 0.05) is 18.4 Å². The highest BCUT2D eigenvalue weighted by Gasteiger charge is 2.07. The van der Waals surface area contributed by atoms with E-state index in [9.17, 15) is 0 Å². The fourth-order valence-electron chi connectivity index (χ4n) is 1.80. The molecule has 0 bridgehead atoms. The zero-order chi connectivity index (χ0) is 13.0. The molecular weight excluding hydrogens is 226 g/mol. The van der Waals surface area contributed by atoms with Crippen LogP contribution < -0.4 is 5.32 Å². The van der Waals surface area contributed by atoms with Crippen LogP contribution in [0, 0.1) is 11.3 Å². The molecule has 2 rings (SSSR count). The maximum atomic E-state index is 8.92. The van der Waals surface area contributed by atoms with Gasteiger partial charge in [0.2, 0.25) is 5.82 Å². The minimum atomic E-state index is 0.224. The quantitative estimate of drug-likeness (QED) is 0.886. The van der Waals surface area contributed by atoms with Gasteiger partial charge in [-0.3, -0.25) is 9.55 Å². The van der Waals surface area contributed by atoms with Crippen LogP contribution >= 0.6 is 0 Å². The lowest BCUT2D eigenvalue weighted by molar-refractivity contribution is 0.583. The molecule has 0 aliphatic carbocycles. The van der Waals surface area contributed by atoms with Gasteiger partial charge in [0.25, 0.3) is 0 Å². The standard InChI is InChI=1S/C13H15N5/c1-3-15-10(2)12-5-4-11(9-17-12)18-7-6-16-13(18)8-14/h4-7,9-10,15H,3H2,1-2H3. The van der Waals surface area contributed by atoms with Crippen LogP contribution in [-0.4, -0.2) is 21.1 Å². The molecule has 0 saturated carbocycles. The molecule has 1 atom stereocenters. The molecule has 2 aromatic rings. The number of nitrogens with zero attached hydrogens (tertiary/aromatic N) is 4. The van der Waals surface area contributed by atoms with Crippen molar-refractivity contribution in [3.8, 4) is 11.8 Å². The van der Waals surface area contributed by atoms with Crippen molar-refractivity contribution < 1.29 is 0 Å². The Morgan fingerprint density at radius 2 is 2.28 bits per heavy atom. The molecule has 0 spiro atoms. The highest BCUT2D eigenvalue weighted by Crippen LogP contribution is 2.13. The normalized spacial score (nSPS) is 12.1. The van der Waals surface area contributed by atoms with Gasteiger partial charge in [-0.2, -0.15) is 5.26 Å².